The third-order valence-corrected chi connectivity index (χ3v) is 5.61. The molecule has 8 nitrogen and oxygen atoms in total. The highest BCUT2D eigenvalue weighted by Gasteiger charge is 2.23. The van der Waals surface area contributed by atoms with Gasteiger partial charge in [-0.25, -0.2) is 4.98 Å². The van der Waals surface area contributed by atoms with E-state index >= 15 is 0 Å². The van der Waals surface area contributed by atoms with Crippen molar-refractivity contribution in [3.8, 4) is 5.95 Å². The Hall–Kier alpha value is -2.71. The molecule has 1 aromatic carbocycles. The van der Waals surface area contributed by atoms with E-state index in [1.54, 1.807) is 6.33 Å². The third kappa shape index (κ3) is 3.65. The molecule has 0 radical (unpaired) electrons. The second kappa shape index (κ2) is 7.96. The normalized spacial score (nSPS) is 20.4. The largest absolute Gasteiger partial charge is 0.378 e. The van der Waals surface area contributed by atoms with Crippen LogP contribution in [0.1, 0.15) is 13.3 Å². The second-order valence-electron chi connectivity index (χ2n) is 7.43. The maximum absolute atomic E-state index is 5.86. The van der Waals surface area contributed by atoms with Crippen molar-refractivity contribution < 1.29 is 9.47 Å². The third-order valence-electron chi connectivity index (χ3n) is 5.61. The van der Waals surface area contributed by atoms with Crippen molar-refractivity contribution in [2.24, 2.45) is 0 Å². The predicted molar refractivity (Wildman–Crippen MR) is 112 cm³/mol. The van der Waals surface area contributed by atoms with Gasteiger partial charge >= 0.3 is 0 Å². The summed E-state index contributed by atoms with van der Waals surface area (Å²) in [6.45, 7) is 7.67. The van der Waals surface area contributed by atoms with E-state index in [1.807, 2.05) is 22.8 Å². The number of ether oxygens (including phenoxy) is 2. The van der Waals surface area contributed by atoms with Gasteiger partial charge in [0.2, 0.25) is 5.95 Å². The second-order valence-corrected chi connectivity index (χ2v) is 7.43. The minimum absolute atomic E-state index is 0.239. The molecule has 0 saturated carbocycles. The van der Waals surface area contributed by atoms with Crippen molar-refractivity contribution in [2.45, 2.75) is 19.4 Å². The van der Waals surface area contributed by atoms with E-state index in [0.717, 1.165) is 75.1 Å². The first-order valence-electron chi connectivity index (χ1n) is 10.3. The van der Waals surface area contributed by atoms with E-state index in [9.17, 15) is 0 Å². The van der Waals surface area contributed by atoms with Crippen molar-refractivity contribution in [2.75, 3.05) is 55.8 Å². The van der Waals surface area contributed by atoms with Crippen LogP contribution < -0.4 is 9.80 Å². The molecule has 0 spiro atoms. The molecule has 29 heavy (non-hydrogen) atoms. The molecule has 1 unspecified atom stereocenters. The number of fused-ring (bicyclic) bond motifs is 1. The minimum atomic E-state index is 0.239. The average Bonchev–Trinajstić information content (AvgIpc) is 3.24. The van der Waals surface area contributed by atoms with Gasteiger partial charge < -0.3 is 19.3 Å². The number of imidazole rings is 1. The number of aromatic nitrogens is 4. The Kier molecular flexibility index (Phi) is 5.03. The Morgan fingerprint density at radius 2 is 1.76 bits per heavy atom. The number of rotatable bonds is 4. The van der Waals surface area contributed by atoms with Crippen molar-refractivity contribution in [1.29, 1.82) is 0 Å². The zero-order valence-electron chi connectivity index (χ0n) is 16.7. The molecule has 2 saturated heterocycles. The first-order chi connectivity index (χ1) is 14.3. The molecule has 152 valence electrons. The molecule has 5 rings (SSSR count). The molecule has 8 heteroatoms. The quantitative estimate of drug-likeness (QED) is 0.672. The first-order valence-corrected chi connectivity index (χ1v) is 10.3. The Balaban J connectivity index is 1.58. The molecular formula is C21H26N6O2. The topological polar surface area (TPSA) is 68.5 Å². The van der Waals surface area contributed by atoms with Crippen LogP contribution in [-0.4, -0.2) is 71.6 Å². The summed E-state index contributed by atoms with van der Waals surface area (Å²) in [5, 5.41) is 0. The number of hydrogen-bond acceptors (Lipinski definition) is 7. The van der Waals surface area contributed by atoms with Gasteiger partial charge in [-0.05, 0) is 18.6 Å². The van der Waals surface area contributed by atoms with Crippen LogP contribution in [0, 0.1) is 0 Å². The number of benzene rings is 1. The summed E-state index contributed by atoms with van der Waals surface area (Å²) in [6, 6.07) is 10.2. The Morgan fingerprint density at radius 1 is 1.00 bits per heavy atom. The van der Waals surface area contributed by atoms with Crippen LogP contribution in [-0.2, 0) is 9.47 Å². The summed E-state index contributed by atoms with van der Waals surface area (Å²) >= 11 is 0. The summed E-state index contributed by atoms with van der Waals surface area (Å²) in [5.41, 5.74) is 1.94. The van der Waals surface area contributed by atoms with Crippen molar-refractivity contribution in [1.82, 2.24) is 19.5 Å². The summed E-state index contributed by atoms with van der Waals surface area (Å²) in [5.74, 6) is 2.53. The summed E-state index contributed by atoms with van der Waals surface area (Å²) in [7, 11) is 0. The van der Waals surface area contributed by atoms with Gasteiger partial charge in [-0.2, -0.15) is 9.97 Å². The molecule has 1 atom stereocenters. The molecular weight excluding hydrogens is 368 g/mol. The van der Waals surface area contributed by atoms with Gasteiger partial charge in [0.1, 0.15) is 18.0 Å². The zero-order valence-corrected chi connectivity index (χ0v) is 16.7. The van der Waals surface area contributed by atoms with Crippen LogP contribution in [0.2, 0.25) is 0 Å². The molecule has 0 aliphatic carbocycles. The van der Waals surface area contributed by atoms with Gasteiger partial charge in [-0.3, -0.25) is 4.57 Å². The molecule has 2 aliphatic rings. The lowest BCUT2D eigenvalue weighted by Gasteiger charge is -2.34. The van der Waals surface area contributed by atoms with Crippen molar-refractivity contribution >= 4 is 22.7 Å². The lowest BCUT2D eigenvalue weighted by Crippen LogP contribution is -2.43. The maximum Gasteiger partial charge on any atom is 0.239 e. The Bertz CT molecular complexity index is 984. The van der Waals surface area contributed by atoms with E-state index in [0.29, 0.717) is 5.95 Å². The summed E-state index contributed by atoms with van der Waals surface area (Å²) in [6.07, 6.45) is 3.04. The molecule has 3 aromatic rings. The van der Waals surface area contributed by atoms with E-state index in [-0.39, 0.29) is 6.10 Å². The fourth-order valence-corrected chi connectivity index (χ4v) is 3.93. The van der Waals surface area contributed by atoms with Gasteiger partial charge in [0.15, 0.2) is 0 Å². The molecule has 4 heterocycles. The number of nitrogens with zero attached hydrogens (tertiary/aromatic N) is 6. The zero-order chi connectivity index (χ0) is 19.6. The van der Waals surface area contributed by atoms with Crippen LogP contribution in [0.25, 0.3) is 17.0 Å². The highest BCUT2D eigenvalue weighted by Crippen LogP contribution is 2.25. The summed E-state index contributed by atoms with van der Waals surface area (Å²) < 4.78 is 13.4. The van der Waals surface area contributed by atoms with E-state index in [1.165, 1.54) is 0 Å². The molecule has 2 aliphatic heterocycles. The van der Waals surface area contributed by atoms with Crippen molar-refractivity contribution in [3.63, 3.8) is 0 Å². The minimum Gasteiger partial charge on any atom is -0.378 e. The SMILES string of the molecule is CCC1CN(c2cc(N3CCOCC3)nc(-n3cnc4ccccc43)n2)CCO1. The maximum atomic E-state index is 5.86. The monoisotopic (exact) mass is 394 g/mol. The molecule has 2 aromatic heterocycles. The molecule has 0 amide bonds. The van der Waals surface area contributed by atoms with Gasteiger partial charge in [0, 0.05) is 32.2 Å². The van der Waals surface area contributed by atoms with Crippen LogP contribution >= 0.6 is 0 Å². The van der Waals surface area contributed by atoms with E-state index < -0.39 is 0 Å². The fraction of sp³-hybridized carbons (Fsp3) is 0.476. The highest BCUT2D eigenvalue weighted by atomic mass is 16.5. The van der Waals surface area contributed by atoms with Crippen LogP contribution in [0.5, 0.6) is 0 Å². The average molecular weight is 394 g/mol. The van der Waals surface area contributed by atoms with Gasteiger partial charge in [0.25, 0.3) is 0 Å². The lowest BCUT2D eigenvalue weighted by atomic mass is 10.2. The van der Waals surface area contributed by atoms with E-state index in [4.69, 9.17) is 19.4 Å². The lowest BCUT2D eigenvalue weighted by molar-refractivity contribution is 0.0381. The number of hydrogen-bond donors (Lipinski definition) is 0. The van der Waals surface area contributed by atoms with Gasteiger partial charge in [-0.15, -0.1) is 0 Å². The molecule has 0 bridgehead atoms. The smallest absolute Gasteiger partial charge is 0.239 e. The summed E-state index contributed by atoms with van der Waals surface area (Å²) in [4.78, 5) is 19.0. The van der Waals surface area contributed by atoms with Crippen LogP contribution in [0.3, 0.4) is 0 Å². The highest BCUT2D eigenvalue weighted by molar-refractivity contribution is 5.76. The molecule has 0 N–H and O–H groups in total. The number of para-hydroxylation sites is 2. The number of anilines is 2. The van der Waals surface area contributed by atoms with Gasteiger partial charge in [0.05, 0.1) is 37.0 Å². The number of morpholine rings is 2. The van der Waals surface area contributed by atoms with Crippen molar-refractivity contribution in [3.05, 3.63) is 36.7 Å². The first kappa shape index (κ1) is 18.3. The standard InChI is InChI=1S/C21H26N6O2/c1-2-16-14-26(9-12-29-16)20-13-19(25-7-10-28-11-8-25)23-21(24-20)27-15-22-17-5-3-4-6-18(17)27/h3-6,13,15-16H,2,7-12,14H2,1H3. The van der Waals surface area contributed by atoms with Crippen LogP contribution in [0.4, 0.5) is 11.6 Å². The Labute approximate surface area is 170 Å². The van der Waals surface area contributed by atoms with Gasteiger partial charge in [-0.1, -0.05) is 19.1 Å². The molecule has 2 fully saturated rings. The Morgan fingerprint density at radius 3 is 2.59 bits per heavy atom. The van der Waals surface area contributed by atoms with Crippen LogP contribution in [0.15, 0.2) is 36.7 Å². The fourth-order valence-electron chi connectivity index (χ4n) is 3.93. The predicted octanol–water partition coefficient (Wildman–Crippen LogP) is 2.27. The van der Waals surface area contributed by atoms with E-state index in [2.05, 4.69) is 33.8 Å².